The third kappa shape index (κ3) is 4.65. The molecule has 1 rings (SSSR count). The molecule has 0 N–H and O–H groups in total. The monoisotopic (exact) mass is 437 g/mol. The zero-order valence-corrected chi connectivity index (χ0v) is 17.1. The Hall–Kier alpha value is -0.200. The number of amides is 2. The molecule has 1 aliphatic heterocycles. The van der Waals surface area contributed by atoms with Crippen LogP contribution in [-0.2, 0) is 14.3 Å². The quantitative estimate of drug-likeness (QED) is 0.532. The molecule has 0 aliphatic carbocycles. The van der Waals surface area contributed by atoms with Crippen LogP contribution in [0.4, 0.5) is 0 Å². The second-order valence-corrected chi connectivity index (χ2v) is 8.59. The van der Waals surface area contributed by atoms with Gasteiger partial charge in [-0.1, -0.05) is 34.6 Å². The van der Waals surface area contributed by atoms with E-state index in [2.05, 4.69) is 59.6 Å². The normalized spacial score (nSPS) is 19.1. The van der Waals surface area contributed by atoms with Crippen molar-refractivity contribution in [3.8, 4) is 0 Å². The molecule has 0 aromatic carbocycles. The SMILES string of the molecule is CCC(C)(C)COCC(C)(CC)CN1C(=O)C(Br)=C(Br)C1=O. The lowest BCUT2D eigenvalue weighted by Crippen LogP contribution is -2.42. The first kappa shape index (κ1) is 19.8. The fourth-order valence-corrected chi connectivity index (χ4v) is 2.74. The topological polar surface area (TPSA) is 46.6 Å². The molecule has 6 heteroatoms. The highest BCUT2D eigenvalue weighted by molar-refractivity contribution is 9.14. The Balaban J connectivity index is 2.68. The van der Waals surface area contributed by atoms with Crippen LogP contribution in [0, 0.1) is 10.8 Å². The summed E-state index contributed by atoms with van der Waals surface area (Å²) in [6.45, 7) is 12.1. The summed E-state index contributed by atoms with van der Waals surface area (Å²) in [5, 5.41) is 0. The molecule has 0 saturated heterocycles. The second-order valence-electron chi connectivity index (χ2n) is 7.00. The standard InChI is InChI=1S/C16H25Br2NO3/c1-6-15(3,4)9-22-10-16(5,7-2)8-19-13(20)11(17)12(18)14(19)21/h6-10H2,1-5H3. The van der Waals surface area contributed by atoms with Crippen LogP contribution in [0.3, 0.4) is 0 Å². The van der Waals surface area contributed by atoms with Crippen molar-refractivity contribution in [3.05, 3.63) is 8.96 Å². The van der Waals surface area contributed by atoms with Crippen molar-refractivity contribution in [2.75, 3.05) is 19.8 Å². The van der Waals surface area contributed by atoms with Crippen LogP contribution in [0.2, 0.25) is 0 Å². The Morgan fingerprint density at radius 3 is 1.86 bits per heavy atom. The van der Waals surface area contributed by atoms with E-state index in [0.717, 1.165) is 12.8 Å². The maximum atomic E-state index is 12.1. The van der Waals surface area contributed by atoms with Gasteiger partial charge in [-0.3, -0.25) is 14.5 Å². The van der Waals surface area contributed by atoms with E-state index in [0.29, 0.717) is 28.7 Å². The molecule has 0 fully saturated rings. The molecule has 1 atom stereocenters. The predicted molar refractivity (Wildman–Crippen MR) is 94.9 cm³/mol. The van der Waals surface area contributed by atoms with Crippen LogP contribution in [0.1, 0.15) is 47.5 Å². The van der Waals surface area contributed by atoms with Crippen molar-refractivity contribution in [2.24, 2.45) is 10.8 Å². The van der Waals surface area contributed by atoms with Crippen LogP contribution in [0.25, 0.3) is 0 Å². The highest BCUT2D eigenvalue weighted by Gasteiger charge is 2.40. The molecular weight excluding hydrogens is 414 g/mol. The fraction of sp³-hybridized carbons (Fsp3) is 0.750. The summed E-state index contributed by atoms with van der Waals surface area (Å²) in [6, 6.07) is 0. The average Bonchev–Trinajstić information content (AvgIpc) is 2.65. The predicted octanol–water partition coefficient (Wildman–Crippen LogP) is 4.23. The molecule has 0 spiro atoms. The number of carbonyl (C=O) groups excluding carboxylic acids is 2. The van der Waals surface area contributed by atoms with E-state index in [4.69, 9.17) is 4.74 Å². The highest BCUT2D eigenvalue weighted by Crippen LogP contribution is 2.33. The molecular formula is C16H25Br2NO3. The van der Waals surface area contributed by atoms with Gasteiger partial charge in [-0.2, -0.15) is 0 Å². The highest BCUT2D eigenvalue weighted by atomic mass is 79.9. The molecule has 0 aromatic heterocycles. The molecule has 0 aromatic rings. The van der Waals surface area contributed by atoms with Crippen molar-refractivity contribution in [1.29, 1.82) is 0 Å². The van der Waals surface area contributed by atoms with Crippen LogP contribution in [0.15, 0.2) is 8.96 Å². The van der Waals surface area contributed by atoms with Crippen LogP contribution < -0.4 is 0 Å². The van der Waals surface area contributed by atoms with Gasteiger partial charge in [0.2, 0.25) is 0 Å². The largest absolute Gasteiger partial charge is 0.380 e. The number of rotatable bonds is 8. The first-order valence-corrected chi connectivity index (χ1v) is 9.14. The van der Waals surface area contributed by atoms with Gasteiger partial charge in [0.25, 0.3) is 11.8 Å². The molecule has 0 radical (unpaired) electrons. The first-order chi connectivity index (χ1) is 10.1. The number of ether oxygens (including phenoxy) is 1. The number of halogens is 2. The van der Waals surface area contributed by atoms with Gasteiger partial charge in [-0.15, -0.1) is 0 Å². The Morgan fingerprint density at radius 2 is 1.45 bits per heavy atom. The number of imide groups is 1. The molecule has 4 nitrogen and oxygen atoms in total. The van der Waals surface area contributed by atoms with E-state index in [9.17, 15) is 9.59 Å². The lowest BCUT2D eigenvalue weighted by atomic mass is 9.87. The minimum atomic E-state index is -0.287. The molecule has 2 amide bonds. The Labute approximate surface area is 149 Å². The molecule has 126 valence electrons. The lowest BCUT2D eigenvalue weighted by Gasteiger charge is -2.33. The summed E-state index contributed by atoms with van der Waals surface area (Å²) >= 11 is 6.31. The van der Waals surface area contributed by atoms with E-state index in [1.54, 1.807) is 0 Å². The number of hydrogen-bond donors (Lipinski definition) is 0. The van der Waals surface area contributed by atoms with Crippen LogP contribution >= 0.6 is 31.9 Å². The van der Waals surface area contributed by atoms with E-state index in [1.807, 2.05) is 6.92 Å². The zero-order valence-electron chi connectivity index (χ0n) is 14.0. The van der Waals surface area contributed by atoms with Gasteiger partial charge < -0.3 is 4.74 Å². The van der Waals surface area contributed by atoms with E-state index in [-0.39, 0.29) is 22.6 Å². The minimum absolute atomic E-state index is 0.140. The maximum absolute atomic E-state index is 12.1. The third-order valence-corrected chi connectivity index (χ3v) is 6.36. The fourth-order valence-electron chi connectivity index (χ4n) is 1.98. The third-order valence-electron chi connectivity index (χ3n) is 4.35. The van der Waals surface area contributed by atoms with E-state index >= 15 is 0 Å². The summed E-state index contributed by atoms with van der Waals surface area (Å²) < 4.78 is 6.48. The molecule has 1 heterocycles. The van der Waals surface area contributed by atoms with Gasteiger partial charge in [-0.05, 0) is 50.1 Å². The lowest BCUT2D eigenvalue weighted by molar-refractivity contribution is -0.139. The Bertz CT molecular complexity index is 464. The van der Waals surface area contributed by atoms with Crippen molar-refractivity contribution >= 4 is 43.7 Å². The molecule has 0 saturated carbocycles. The summed E-state index contributed by atoms with van der Waals surface area (Å²) in [5.74, 6) is -0.573. The summed E-state index contributed by atoms with van der Waals surface area (Å²) in [4.78, 5) is 25.5. The first-order valence-electron chi connectivity index (χ1n) is 7.56. The second kappa shape index (κ2) is 7.58. The van der Waals surface area contributed by atoms with Crippen molar-refractivity contribution in [2.45, 2.75) is 47.5 Å². The van der Waals surface area contributed by atoms with Gasteiger partial charge >= 0.3 is 0 Å². The van der Waals surface area contributed by atoms with Gasteiger partial charge in [0.05, 0.1) is 13.2 Å². The van der Waals surface area contributed by atoms with E-state index in [1.165, 1.54) is 4.90 Å². The van der Waals surface area contributed by atoms with Gasteiger partial charge in [0.1, 0.15) is 8.96 Å². The van der Waals surface area contributed by atoms with Gasteiger partial charge in [-0.25, -0.2) is 0 Å². The number of hydrogen-bond acceptors (Lipinski definition) is 3. The molecule has 22 heavy (non-hydrogen) atoms. The molecule has 0 bridgehead atoms. The molecule has 1 unspecified atom stereocenters. The van der Waals surface area contributed by atoms with Crippen molar-refractivity contribution in [3.63, 3.8) is 0 Å². The number of carbonyl (C=O) groups is 2. The summed E-state index contributed by atoms with van der Waals surface area (Å²) in [6.07, 6.45) is 1.87. The van der Waals surface area contributed by atoms with Crippen LogP contribution in [-0.4, -0.2) is 36.5 Å². The van der Waals surface area contributed by atoms with Gasteiger partial charge in [0.15, 0.2) is 0 Å². The van der Waals surface area contributed by atoms with Crippen LogP contribution in [0.5, 0.6) is 0 Å². The smallest absolute Gasteiger partial charge is 0.269 e. The zero-order chi connectivity index (χ0) is 17.1. The Kier molecular flexibility index (Phi) is 6.84. The van der Waals surface area contributed by atoms with Crippen molar-refractivity contribution in [1.82, 2.24) is 4.90 Å². The summed E-state index contributed by atoms with van der Waals surface area (Å²) in [7, 11) is 0. The molecule has 1 aliphatic rings. The number of nitrogens with zero attached hydrogens (tertiary/aromatic N) is 1. The Morgan fingerprint density at radius 1 is 0.955 bits per heavy atom. The maximum Gasteiger partial charge on any atom is 0.269 e. The van der Waals surface area contributed by atoms with Crippen molar-refractivity contribution < 1.29 is 14.3 Å². The average molecular weight is 439 g/mol. The minimum Gasteiger partial charge on any atom is -0.380 e. The van der Waals surface area contributed by atoms with E-state index < -0.39 is 0 Å². The van der Waals surface area contributed by atoms with Gasteiger partial charge in [0, 0.05) is 12.0 Å². The summed E-state index contributed by atoms with van der Waals surface area (Å²) in [5.41, 5.74) is -0.110.